The number of ether oxygens (including phenoxy) is 1. The van der Waals surface area contributed by atoms with Crippen molar-refractivity contribution in [2.45, 2.75) is 13.3 Å². The molecule has 7 nitrogen and oxygen atoms in total. The summed E-state index contributed by atoms with van der Waals surface area (Å²) in [6.45, 7) is 1.36. The molecule has 0 spiro atoms. The highest BCUT2D eigenvalue weighted by Crippen LogP contribution is 2.27. The maximum absolute atomic E-state index is 11.3. The molecule has 0 atom stereocenters. The second kappa shape index (κ2) is 6.39. The zero-order valence-electron chi connectivity index (χ0n) is 10.5. The summed E-state index contributed by atoms with van der Waals surface area (Å²) in [5.41, 5.74) is 0.850. The van der Waals surface area contributed by atoms with Gasteiger partial charge in [0.2, 0.25) is 11.8 Å². The fourth-order valence-corrected chi connectivity index (χ4v) is 1.40. The highest BCUT2D eigenvalue weighted by Gasteiger charge is 2.10. The first-order valence-corrected chi connectivity index (χ1v) is 5.39. The van der Waals surface area contributed by atoms with Crippen LogP contribution in [0.2, 0.25) is 0 Å². The molecule has 0 radical (unpaired) electrons. The van der Waals surface area contributed by atoms with Crippen molar-refractivity contribution < 1.29 is 24.2 Å². The minimum absolute atomic E-state index is 0.249. The van der Waals surface area contributed by atoms with Gasteiger partial charge in [0.25, 0.3) is 0 Å². The number of benzene rings is 1. The molecule has 0 aliphatic carbocycles. The van der Waals surface area contributed by atoms with Crippen molar-refractivity contribution in [2.75, 3.05) is 17.7 Å². The number of hydrogen-bond donors (Lipinski definition) is 3. The van der Waals surface area contributed by atoms with E-state index >= 15 is 0 Å². The summed E-state index contributed by atoms with van der Waals surface area (Å²) in [5.74, 6) is -1.73. The largest absolute Gasteiger partial charge is 0.494 e. The van der Waals surface area contributed by atoms with Gasteiger partial charge in [-0.1, -0.05) is 0 Å². The number of carbonyl (C=O) groups excluding carboxylic acids is 2. The number of aliphatic carboxylic acids is 1. The van der Waals surface area contributed by atoms with Crippen LogP contribution in [0.3, 0.4) is 0 Å². The number of hydrogen-bond acceptors (Lipinski definition) is 4. The fourth-order valence-electron chi connectivity index (χ4n) is 1.40. The summed E-state index contributed by atoms with van der Waals surface area (Å²) in [4.78, 5) is 32.6. The molecule has 1 aromatic carbocycles. The van der Waals surface area contributed by atoms with Gasteiger partial charge in [0, 0.05) is 18.7 Å². The van der Waals surface area contributed by atoms with Crippen LogP contribution in [0.25, 0.3) is 0 Å². The molecule has 0 unspecified atom stereocenters. The van der Waals surface area contributed by atoms with Crippen LogP contribution in [0.15, 0.2) is 18.2 Å². The van der Waals surface area contributed by atoms with Crippen molar-refractivity contribution in [3.8, 4) is 5.75 Å². The molecular weight excluding hydrogens is 252 g/mol. The molecule has 102 valence electrons. The molecule has 0 aromatic heterocycles. The maximum atomic E-state index is 11.3. The predicted molar refractivity (Wildman–Crippen MR) is 68.2 cm³/mol. The van der Waals surface area contributed by atoms with Gasteiger partial charge >= 0.3 is 5.97 Å². The number of amides is 2. The highest BCUT2D eigenvalue weighted by atomic mass is 16.5. The van der Waals surface area contributed by atoms with Crippen molar-refractivity contribution in [1.82, 2.24) is 0 Å². The predicted octanol–water partition coefficient (Wildman–Crippen LogP) is 1.07. The lowest BCUT2D eigenvalue weighted by Crippen LogP contribution is -2.16. The number of anilines is 2. The number of carboxylic acids is 1. The van der Waals surface area contributed by atoms with Gasteiger partial charge in [0.05, 0.1) is 12.8 Å². The number of carbonyl (C=O) groups is 3. The first-order chi connectivity index (χ1) is 8.92. The second-order valence-electron chi connectivity index (χ2n) is 3.71. The molecule has 0 bridgehead atoms. The van der Waals surface area contributed by atoms with E-state index in [1.165, 1.54) is 26.2 Å². The van der Waals surface area contributed by atoms with E-state index in [1.807, 2.05) is 0 Å². The Labute approximate surface area is 109 Å². The smallest absolute Gasteiger partial charge is 0.312 e. The molecule has 0 saturated carbocycles. The molecule has 0 saturated heterocycles. The number of carboxylic acid groups (broad SMARTS) is 1. The Bertz CT molecular complexity index is 513. The Kier molecular flexibility index (Phi) is 4.87. The van der Waals surface area contributed by atoms with Crippen molar-refractivity contribution >= 4 is 29.2 Å². The van der Waals surface area contributed by atoms with Crippen LogP contribution in [0, 0.1) is 0 Å². The number of rotatable bonds is 5. The molecule has 7 heteroatoms. The van der Waals surface area contributed by atoms with Gasteiger partial charge in [0.1, 0.15) is 12.2 Å². The lowest BCUT2D eigenvalue weighted by atomic mass is 10.2. The van der Waals surface area contributed by atoms with E-state index in [9.17, 15) is 14.4 Å². The van der Waals surface area contributed by atoms with Crippen molar-refractivity contribution in [3.63, 3.8) is 0 Å². The highest BCUT2D eigenvalue weighted by molar-refractivity contribution is 6.01. The quantitative estimate of drug-likeness (QED) is 0.691. The van der Waals surface area contributed by atoms with Crippen molar-refractivity contribution in [2.24, 2.45) is 0 Å². The van der Waals surface area contributed by atoms with Crippen molar-refractivity contribution in [3.05, 3.63) is 18.2 Å². The van der Waals surface area contributed by atoms with Crippen LogP contribution in [-0.4, -0.2) is 30.0 Å². The van der Waals surface area contributed by atoms with Crippen LogP contribution in [-0.2, 0) is 14.4 Å². The molecule has 2 amide bonds. The van der Waals surface area contributed by atoms with E-state index in [4.69, 9.17) is 9.84 Å². The monoisotopic (exact) mass is 266 g/mol. The molecule has 1 aromatic rings. The van der Waals surface area contributed by atoms with E-state index in [0.717, 1.165) is 0 Å². The lowest BCUT2D eigenvalue weighted by Gasteiger charge is -2.11. The van der Waals surface area contributed by atoms with Crippen LogP contribution in [0.1, 0.15) is 13.3 Å². The molecule has 0 aliphatic heterocycles. The second-order valence-corrected chi connectivity index (χ2v) is 3.71. The minimum Gasteiger partial charge on any atom is -0.494 e. The summed E-state index contributed by atoms with van der Waals surface area (Å²) in [6.07, 6.45) is -0.615. The first-order valence-electron chi connectivity index (χ1n) is 5.39. The summed E-state index contributed by atoms with van der Waals surface area (Å²) < 4.78 is 5.07. The van der Waals surface area contributed by atoms with Gasteiger partial charge in [-0.3, -0.25) is 14.4 Å². The number of nitrogens with one attached hydrogen (secondary N) is 2. The van der Waals surface area contributed by atoms with Crippen LogP contribution in [0.5, 0.6) is 5.75 Å². The summed E-state index contributed by atoms with van der Waals surface area (Å²) in [7, 11) is 1.42. The SMILES string of the molecule is COc1cc(NC(=O)CC(=O)O)ccc1NC(C)=O. The van der Waals surface area contributed by atoms with E-state index in [0.29, 0.717) is 17.1 Å². The average molecular weight is 266 g/mol. The van der Waals surface area contributed by atoms with Gasteiger partial charge in [-0.15, -0.1) is 0 Å². The fraction of sp³-hybridized carbons (Fsp3) is 0.250. The first kappa shape index (κ1) is 14.5. The van der Waals surface area contributed by atoms with Gasteiger partial charge in [0.15, 0.2) is 0 Å². The standard InChI is InChI=1S/C12H14N2O5/c1-7(15)13-9-4-3-8(5-10(9)19-2)14-11(16)6-12(17)18/h3-5H,6H2,1-2H3,(H,13,15)(H,14,16)(H,17,18). The Balaban J connectivity index is 2.84. The topological polar surface area (TPSA) is 105 Å². The molecular formula is C12H14N2O5. The third-order valence-electron chi connectivity index (χ3n) is 2.11. The zero-order chi connectivity index (χ0) is 14.4. The van der Waals surface area contributed by atoms with Gasteiger partial charge in [-0.2, -0.15) is 0 Å². The Hall–Kier alpha value is -2.57. The van der Waals surface area contributed by atoms with Gasteiger partial charge < -0.3 is 20.5 Å². The third kappa shape index (κ3) is 4.66. The minimum atomic E-state index is -1.21. The summed E-state index contributed by atoms with van der Waals surface area (Å²) in [6, 6.07) is 4.58. The third-order valence-corrected chi connectivity index (χ3v) is 2.11. The van der Waals surface area contributed by atoms with Gasteiger partial charge in [-0.05, 0) is 12.1 Å². The van der Waals surface area contributed by atoms with Crippen LogP contribution in [0.4, 0.5) is 11.4 Å². The Morgan fingerprint density at radius 1 is 1.26 bits per heavy atom. The van der Waals surface area contributed by atoms with Gasteiger partial charge in [-0.25, -0.2) is 0 Å². The molecule has 0 aliphatic rings. The molecule has 0 fully saturated rings. The average Bonchev–Trinajstić information content (AvgIpc) is 2.29. The normalized spacial score (nSPS) is 9.58. The van der Waals surface area contributed by atoms with E-state index in [1.54, 1.807) is 6.07 Å². The molecule has 3 N–H and O–H groups in total. The van der Waals surface area contributed by atoms with Crippen LogP contribution >= 0.6 is 0 Å². The molecule has 1 rings (SSSR count). The maximum Gasteiger partial charge on any atom is 0.312 e. The van der Waals surface area contributed by atoms with E-state index < -0.39 is 18.3 Å². The Morgan fingerprint density at radius 3 is 2.47 bits per heavy atom. The van der Waals surface area contributed by atoms with E-state index in [2.05, 4.69) is 10.6 Å². The summed E-state index contributed by atoms with van der Waals surface area (Å²) in [5, 5.41) is 13.5. The molecule has 19 heavy (non-hydrogen) atoms. The summed E-state index contributed by atoms with van der Waals surface area (Å²) >= 11 is 0. The van der Waals surface area contributed by atoms with Crippen molar-refractivity contribution in [1.29, 1.82) is 0 Å². The Morgan fingerprint density at radius 2 is 1.95 bits per heavy atom. The number of methoxy groups -OCH3 is 1. The lowest BCUT2D eigenvalue weighted by molar-refractivity contribution is -0.139. The molecule has 0 heterocycles. The van der Waals surface area contributed by atoms with Crippen LogP contribution < -0.4 is 15.4 Å². The van der Waals surface area contributed by atoms with E-state index in [-0.39, 0.29) is 5.91 Å². The zero-order valence-corrected chi connectivity index (χ0v) is 10.5.